The standard InChI is InChI=1S/C11H12N2O4/c1-7(2)10(15)17-13-11(16)12-8-5-3-4-6-9(8)14/h3-6,14H,1H2,2H3,(H2,12,13,16). The molecule has 0 radical (unpaired) electrons. The molecule has 0 aliphatic rings. The third-order valence-electron chi connectivity index (χ3n) is 1.74. The van der Waals surface area contributed by atoms with Gasteiger partial charge in [-0.15, -0.1) is 0 Å². The first-order valence-corrected chi connectivity index (χ1v) is 4.72. The topological polar surface area (TPSA) is 87.7 Å². The number of anilines is 1. The lowest BCUT2D eigenvalue weighted by Crippen LogP contribution is -2.31. The van der Waals surface area contributed by atoms with Gasteiger partial charge in [0.1, 0.15) is 5.75 Å². The van der Waals surface area contributed by atoms with Gasteiger partial charge in [-0.2, -0.15) is 5.48 Å². The molecule has 0 saturated heterocycles. The van der Waals surface area contributed by atoms with E-state index < -0.39 is 12.0 Å². The number of aromatic hydroxyl groups is 1. The van der Waals surface area contributed by atoms with Crippen LogP contribution in [-0.2, 0) is 9.63 Å². The minimum atomic E-state index is -0.777. The van der Waals surface area contributed by atoms with Gasteiger partial charge < -0.3 is 15.3 Å². The highest BCUT2D eigenvalue weighted by molar-refractivity contribution is 5.92. The van der Waals surface area contributed by atoms with Gasteiger partial charge in [0.05, 0.1) is 5.69 Å². The number of urea groups is 1. The number of benzene rings is 1. The van der Waals surface area contributed by atoms with E-state index >= 15 is 0 Å². The van der Waals surface area contributed by atoms with Gasteiger partial charge in [0.15, 0.2) is 0 Å². The molecule has 0 aromatic heterocycles. The number of carbonyl (C=O) groups excluding carboxylic acids is 2. The summed E-state index contributed by atoms with van der Waals surface area (Å²) in [5.74, 6) is -0.827. The Morgan fingerprint density at radius 1 is 1.35 bits per heavy atom. The van der Waals surface area contributed by atoms with Crippen LogP contribution in [-0.4, -0.2) is 17.1 Å². The van der Waals surface area contributed by atoms with Crippen molar-refractivity contribution in [3.63, 3.8) is 0 Å². The molecule has 0 heterocycles. The summed E-state index contributed by atoms with van der Waals surface area (Å²) in [6, 6.07) is 5.38. The highest BCUT2D eigenvalue weighted by atomic mass is 16.7. The van der Waals surface area contributed by atoms with E-state index in [0.29, 0.717) is 0 Å². The van der Waals surface area contributed by atoms with E-state index in [1.165, 1.54) is 19.1 Å². The largest absolute Gasteiger partial charge is 0.506 e. The van der Waals surface area contributed by atoms with Crippen molar-refractivity contribution >= 4 is 17.7 Å². The maximum Gasteiger partial charge on any atom is 0.358 e. The summed E-state index contributed by atoms with van der Waals surface area (Å²) < 4.78 is 0. The van der Waals surface area contributed by atoms with Crippen molar-refractivity contribution < 1.29 is 19.5 Å². The van der Waals surface area contributed by atoms with Gasteiger partial charge >= 0.3 is 12.0 Å². The Balaban J connectivity index is 2.48. The van der Waals surface area contributed by atoms with E-state index in [2.05, 4.69) is 16.7 Å². The molecule has 0 bridgehead atoms. The average Bonchev–Trinajstić information content (AvgIpc) is 2.29. The maximum absolute atomic E-state index is 11.3. The van der Waals surface area contributed by atoms with Crippen LogP contribution in [0.2, 0.25) is 0 Å². The molecule has 3 N–H and O–H groups in total. The van der Waals surface area contributed by atoms with E-state index in [1.807, 2.05) is 5.48 Å². The molecule has 0 unspecified atom stereocenters. The molecule has 0 fully saturated rings. The normalized spacial score (nSPS) is 9.24. The zero-order valence-corrected chi connectivity index (χ0v) is 9.19. The molecule has 0 atom stereocenters. The third-order valence-corrected chi connectivity index (χ3v) is 1.74. The number of rotatable bonds is 2. The fourth-order valence-corrected chi connectivity index (χ4v) is 0.907. The zero-order valence-electron chi connectivity index (χ0n) is 9.19. The fraction of sp³-hybridized carbons (Fsp3) is 0.0909. The molecular formula is C11H12N2O4. The molecule has 0 aliphatic carbocycles. The summed E-state index contributed by atoms with van der Waals surface area (Å²) >= 11 is 0. The second-order valence-corrected chi connectivity index (χ2v) is 3.24. The number of amides is 2. The molecule has 0 spiro atoms. The first-order chi connectivity index (χ1) is 8.00. The number of hydrogen-bond donors (Lipinski definition) is 3. The van der Waals surface area contributed by atoms with Gasteiger partial charge in [0.2, 0.25) is 0 Å². The predicted octanol–water partition coefficient (Wildman–Crippen LogP) is 1.55. The molecule has 17 heavy (non-hydrogen) atoms. The lowest BCUT2D eigenvalue weighted by Gasteiger charge is -2.08. The number of para-hydroxylation sites is 2. The van der Waals surface area contributed by atoms with E-state index in [-0.39, 0.29) is 17.0 Å². The van der Waals surface area contributed by atoms with E-state index in [9.17, 15) is 14.7 Å². The average molecular weight is 236 g/mol. The second kappa shape index (κ2) is 5.55. The summed E-state index contributed by atoms with van der Waals surface area (Å²) in [5, 5.41) is 11.7. The summed E-state index contributed by atoms with van der Waals surface area (Å²) in [5.41, 5.74) is 2.23. The van der Waals surface area contributed by atoms with Gasteiger partial charge in [0.25, 0.3) is 0 Å². The Morgan fingerprint density at radius 2 is 2.00 bits per heavy atom. The van der Waals surface area contributed by atoms with Gasteiger partial charge in [0, 0.05) is 5.57 Å². The van der Waals surface area contributed by atoms with Crippen LogP contribution in [0.15, 0.2) is 36.4 Å². The Hall–Kier alpha value is -2.50. The van der Waals surface area contributed by atoms with Gasteiger partial charge in [-0.3, -0.25) is 0 Å². The Kier molecular flexibility index (Phi) is 4.10. The molecule has 1 aromatic carbocycles. The molecule has 2 amide bonds. The summed E-state index contributed by atoms with van der Waals surface area (Å²) in [4.78, 5) is 26.6. The van der Waals surface area contributed by atoms with Crippen LogP contribution in [0, 0.1) is 0 Å². The maximum atomic E-state index is 11.3. The number of nitrogens with one attached hydrogen (secondary N) is 2. The number of phenolic OH excluding ortho intramolecular Hbond substituents is 1. The minimum Gasteiger partial charge on any atom is -0.506 e. The van der Waals surface area contributed by atoms with Gasteiger partial charge in [-0.25, -0.2) is 9.59 Å². The van der Waals surface area contributed by atoms with Crippen molar-refractivity contribution in [1.82, 2.24) is 5.48 Å². The highest BCUT2D eigenvalue weighted by Gasteiger charge is 2.08. The molecular weight excluding hydrogens is 224 g/mol. The molecule has 1 aromatic rings. The van der Waals surface area contributed by atoms with Crippen molar-refractivity contribution in [1.29, 1.82) is 0 Å². The molecule has 90 valence electrons. The van der Waals surface area contributed by atoms with Crippen molar-refractivity contribution in [2.75, 3.05) is 5.32 Å². The van der Waals surface area contributed by atoms with E-state index in [4.69, 9.17) is 0 Å². The lowest BCUT2D eigenvalue weighted by atomic mass is 10.3. The van der Waals surface area contributed by atoms with Crippen LogP contribution in [0.5, 0.6) is 5.75 Å². The van der Waals surface area contributed by atoms with Crippen LogP contribution in [0.3, 0.4) is 0 Å². The van der Waals surface area contributed by atoms with Gasteiger partial charge in [-0.05, 0) is 19.1 Å². The number of hydroxylamine groups is 1. The van der Waals surface area contributed by atoms with Gasteiger partial charge in [-0.1, -0.05) is 18.7 Å². The summed E-state index contributed by atoms with van der Waals surface area (Å²) in [6.45, 7) is 4.79. The predicted molar refractivity (Wildman–Crippen MR) is 61.2 cm³/mol. The van der Waals surface area contributed by atoms with Crippen LogP contribution in [0.4, 0.5) is 10.5 Å². The van der Waals surface area contributed by atoms with E-state index in [1.54, 1.807) is 12.1 Å². The lowest BCUT2D eigenvalue weighted by molar-refractivity contribution is -0.143. The molecule has 0 saturated carbocycles. The van der Waals surface area contributed by atoms with Crippen LogP contribution < -0.4 is 10.8 Å². The Morgan fingerprint density at radius 3 is 2.59 bits per heavy atom. The zero-order chi connectivity index (χ0) is 12.8. The number of phenols is 1. The fourth-order valence-electron chi connectivity index (χ4n) is 0.907. The molecule has 1 rings (SSSR count). The minimum absolute atomic E-state index is 0.0890. The molecule has 6 heteroatoms. The first-order valence-electron chi connectivity index (χ1n) is 4.72. The van der Waals surface area contributed by atoms with Crippen molar-refractivity contribution in [2.45, 2.75) is 6.92 Å². The SMILES string of the molecule is C=C(C)C(=O)ONC(=O)Nc1ccccc1O. The second-order valence-electron chi connectivity index (χ2n) is 3.24. The van der Waals surface area contributed by atoms with Crippen LogP contribution >= 0.6 is 0 Å². The number of carbonyl (C=O) groups is 2. The Labute approximate surface area is 97.9 Å². The summed E-state index contributed by atoms with van der Waals surface area (Å²) in [7, 11) is 0. The summed E-state index contributed by atoms with van der Waals surface area (Å²) in [6.07, 6.45) is 0. The van der Waals surface area contributed by atoms with E-state index in [0.717, 1.165) is 0 Å². The third kappa shape index (κ3) is 3.86. The van der Waals surface area contributed by atoms with Crippen LogP contribution in [0.25, 0.3) is 0 Å². The van der Waals surface area contributed by atoms with Crippen LogP contribution in [0.1, 0.15) is 6.92 Å². The quantitative estimate of drug-likeness (QED) is 0.413. The van der Waals surface area contributed by atoms with Crippen molar-refractivity contribution in [2.24, 2.45) is 0 Å². The number of hydrogen-bond acceptors (Lipinski definition) is 4. The molecule has 6 nitrogen and oxygen atoms in total. The monoisotopic (exact) mass is 236 g/mol. The van der Waals surface area contributed by atoms with Crippen molar-refractivity contribution in [3.8, 4) is 5.75 Å². The first kappa shape index (κ1) is 12.6. The molecule has 0 aliphatic heterocycles. The van der Waals surface area contributed by atoms with Crippen molar-refractivity contribution in [3.05, 3.63) is 36.4 Å². The smallest absolute Gasteiger partial charge is 0.358 e. The highest BCUT2D eigenvalue weighted by Crippen LogP contribution is 2.20. The Bertz CT molecular complexity index is 457.